The van der Waals surface area contributed by atoms with Crippen molar-refractivity contribution in [2.75, 3.05) is 25.7 Å². The Bertz CT molecular complexity index is 353. The molecule has 5 heteroatoms. The highest BCUT2D eigenvalue weighted by Gasteiger charge is 2.07. The maximum atomic E-state index is 11.2. The van der Waals surface area contributed by atoms with E-state index in [1.807, 2.05) is 17.8 Å². The molecule has 0 saturated carbocycles. The lowest BCUT2D eigenvalue weighted by Crippen LogP contribution is -2.15. The van der Waals surface area contributed by atoms with Crippen LogP contribution in [0.3, 0.4) is 0 Å². The number of methoxy groups -OCH3 is 1. The number of unbranched alkanes of at least 4 members (excludes halogenated alkanes) is 2. The van der Waals surface area contributed by atoms with E-state index in [4.69, 9.17) is 0 Å². The molecule has 0 amide bonds. The summed E-state index contributed by atoms with van der Waals surface area (Å²) in [5, 5.41) is 3.36. The van der Waals surface area contributed by atoms with Crippen molar-refractivity contribution in [2.45, 2.75) is 25.8 Å². The number of carbonyl (C=O) groups is 1. The van der Waals surface area contributed by atoms with Gasteiger partial charge >= 0.3 is 5.97 Å². The van der Waals surface area contributed by atoms with Crippen molar-refractivity contribution < 1.29 is 9.53 Å². The topological polar surface area (TPSA) is 54.1 Å². The number of H-pyrrole nitrogens is 1. The highest BCUT2D eigenvalue weighted by atomic mass is 32.2. The summed E-state index contributed by atoms with van der Waals surface area (Å²) >= 11 is 1.90. The highest BCUT2D eigenvalue weighted by molar-refractivity contribution is 7.98. The summed E-state index contributed by atoms with van der Waals surface area (Å²) < 4.78 is 4.64. The fraction of sp³-hybridized carbons (Fsp3) is 0.615. The van der Waals surface area contributed by atoms with E-state index in [1.165, 1.54) is 32.1 Å². The number of thioether (sulfide) groups is 1. The van der Waals surface area contributed by atoms with Gasteiger partial charge in [-0.2, -0.15) is 11.8 Å². The SMILES string of the molecule is COC(=O)c1ccc(CNCCCCCSC)[nH]1. The Morgan fingerprint density at radius 1 is 1.39 bits per heavy atom. The summed E-state index contributed by atoms with van der Waals surface area (Å²) in [6, 6.07) is 3.66. The number of aromatic nitrogens is 1. The minimum Gasteiger partial charge on any atom is -0.464 e. The molecule has 0 atom stereocenters. The van der Waals surface area contributed by atoms with E-state index in [9.17, 15) is 4.79 Å². The van der Waals surface area contributed by atoms with Gasteiger partial charge in [-0.1, -0.05) is 6.42 Å². The van der Waals surface area contributed by atoms with E-state index >= 15 is 0 Å². The molecule has 1 aromatic heterocycles. The van der Waals surface area contributed by atoms with Crippen LogP contribution >= 0.6 is 11.8 Å². The van der Waals surface area contributed by atoms with Crippen LogP contribution < -0.4 is 5.32 Å². The molecule has 0 aliphatic heterocycles. The summed E-state index contributed by atoms with van der Waals surface area (Å²) in [6.45, 7) is 1.78. The number of aromatic amines is 1. The fourth-order valence-electron chi connectivity index (χ4n) is 1.67. The molecule has 4 nitrogen and oxygen atoms in total. The smallest absolute Gasteiger partial charge is 0.354 e. The van der Waals surface area contributed by atoms with Crippen LogP contribution in [0.15, 0.2) is 12.1 Å². The molecule has 0 fully saturated rings. The van der Waals surface area contributed by atoms with E-state index in [0.29, 0.717) is 5.69 Å². The monoisotopic (exact) mass is 270 g/mol. The van der Waals surface area contributed by atoms with Gasteiger partial charge in [0.25, 0.3) is 0 Å². The average Bonchev–Trinajstić information content (AvgIpc) is 2.85. The molecule has 1 aromatic rings. The second-order valence-corrected chi connectivity index (χ2v) is 5.10. The molecule has 1 heterocycles. The summed E-state index contributed by atoms with van der Waals surface area (Å²) in [5.74, 6) is 0.928. The van der Waals surface area contributed by atoms with Gasteiger partial charge in [-0.25, -0.2) is 4.79 Å². The van der Waals surface area contributed by atoms with E-state index in [2.05, 4.69) is 21.3 Å². The van der Waals surface area contributed by atoms with Crippen molar-refractivity contribution in [3.8, 4) is 0 Å². The van der Waals surface area contributed by atoms with Crippen LogP contribution in [-0.2, 0) is 11.3 Å². The van der Waals surface area contributed by atoms with Crippen LogP contribution in [0.4, 0.5) is 0 Å². The number of rotatable bonds is 9. The third-order valence-electron chi connectivity index (χ3n) is 2.67. The average molecular weight is 270 g/mol. The number of esters is 1. The van der Waals surface area contributed by atoms with E-state index < -0.39 is 0 Å². The van der Waals surface area contributed by atoms with Crippen LogP contribution in [-0.4, -0.2) is 36.6 Å². The molecule has 0 unspecified atom stereocenters. The largest absolute Gasteiger partial charge is 0.464 e. The number of hydrogen-bond donors (Lipinski definition) is 2. The molecule has 1 rings (SSSR count). The number of carbonyl (C=O) groups excluding carboxylic acids is 1. The van der Waals surface area contributed by atoms with Gasteiger partial charge in [-0.05, 0) is 43.5 Å². The molecule has 0 aliphatic carbocycles. The number of ether oxygens (including phenoxy) is 1. The molecule has 0 aliphatic rings. The van der Waals surface area contributed by atoms with Gasteiger partial charge in [0.05, 0.1) is 7.11 Å². The summed E-state index contributed by atoms with van der Waals surface area (Å²) in [6.07, 6.45) is 5.90. The molecule has 2 N–H and O–H groups in total. The summed E-state index contributed by atoms with van der Waals surface area (Å²) in [4.78, 5) is 14.3. The van der Waals surface area contributed by atoms with Crippen molar-refractivity contribution >= 4 is 17.7 Å². The van der Waals surface area contributed by atoms with Gasteiger partial charge in [0.15, 0.2) is 0 Å². The maximum absolute atomic E-state index is 11.2. The maximum Gasteiger partial charge on any atom is 0.354 e. The Hall–Kier alpha value is -0.940. The van der Waals surface area contributed by atoms with Gasteiger partial charge in [0, 0.05) is 12.2 Å². The Kier molecular flexibility index (Phi) is 7.60. The quantitative estimate of drug-likeness (QED) is 0.534. The van der Waals surface area contributed by atoms with Crippen LogP contribution in [0.2, 0.25) is 0 Å². The number of hydrogen-bond acceptors (Lipinski definition) is 4. The van der Waals surface area contributed by atoms with E-state index in [-0.39, 0.29) is 5.97 Å². The molecule has 18 heavy (non-hydrogen) atoms. The zero-order valence-corrected chi connectivity index (χ0v) is 11.9. The third kappa shape index (κ3) is 5.60. The zero-order chi connectivity index (χ0) is 13.2. The molecule has 0 spiro atoms. The lowest BCUT2D eigenvalue weighted by atomic mass is 10.2. The van der Waals surface area contributed by atoms with Crippen molar-refractivity contribution in [3.63, 3.8) is 0 Å². The highest BCUT2D eigenvalue weighted by Crippen LogP contribution is 2.04. The molecule has 0 saturated heterocycles. The minimum atomic E-state index is -0.321. The first-order chi connectivity index (χ1) is 8.77. The molecule has 102 valence electrons. The Labute approximate surface area is 113 Å². The summed E-state index contributed by atoms with van der Waals surface area (Å²) in [7, 11) is 1.38. The molecule has 0 bridgehead atoms. The first kappa shape index (κ1) is 15.1. The summed E-state index contributed by atoms with van der Waals surface area (Å²) in [5.41, 5.74) is 1.52. The standard InChI is InChI=1S/C13H22N2O2S/c1-17-13(16)12-7-6-11(15-12)10-14-8-4-3-5-9-18-2/h6-7,14-15H,3-5,8-10H2,1-2H3. The van der Waals surface area contributed by atoms with Crippen molar-refractivity contribution in [1.82, 2.24) is 10.3 Å². The number of nitrogens with one attached hydrogen (secondary N) is 2. The molecule has 0 radical (unpaired) electrons. The first-order valence-electron chi connectivity index (χ1n) is 6.23. The molecular formula is C13H22N2O2S. The lowest BCUT2D eigenvalue weighted by Gasteiger charge is -2.03. The van der Waals surface area contributed by atoms with Gasteiger partial charge < -0.3 is 15.0 Å². The van der Waals surface area contributed by atoms with Crippen LogP contribution in [0.5, 0.6) is 0 Å². The van der Waals surface area contributed by atoms with E-state index in [0.717, 1.165) is 18.8 Å². The predicted molar refractivity (Wildman–Crippen MR) is 76.1 cm³/mol. The van der Waals surface area contributed by atoms with Crippen LogP contribution in [0.1, 0.15) is 35.4 Å². The fourth-order valence-corrected chi connectivity index (χ4v) is 2.16. The van der Waals surface area contributed by atoms with Crippen molar-refractivity contribution in [1.29, 1.82) is 0 Å². The van der Waals surface area contributed by atoms with Crippen LogP contribution in [0, 0.1) is 0 Å². The minimum absolute atomic E-state index is 0.321. The third-order valence-corrected chi connectivity index (χ3v) is 3.37. The zero-order valence-electron chi connectivity index (χ0n) is 11.1. The van der Waals surface area contributed by atoms with Gasteiger partial charge in [0.1, 0.15) is 5.69 Å². The second-order valence-electron chi connectivity index (χ2n) is 4.12. The first-order valence-corrected chi connectivity index (χ1v) is 7.63. The van der Waals surface area contributed by atoms with Gasteiger partial charge in [0.2, 0.25) is 0 Å². The lowest BCUT2D eigenvalue weighted by molar-refractivity contribution is 0.0594. The van der Waals surface area contributed by atoms with Gasteiger partial charge in [-0.3, -0.25) is 0 Å². The Balaban J connectivity index is 2.12. The second kappa shape index (κ2) is 9.05. The Morgan fingerprint density at radius 2 is 2.22 bits per heavy atom. The van der Waals surface area contributed by atoms with Crippen molar-refractivity contribution in [2.24, 2.45) is 0 Å². The predicted octanol–water partition coefficient (Wildman–Crippen LogP) is 2.42. The van der Waals surface area contributed by atoms with E-state index in [1.54, 1.807) is 6.07 Å². The van der Waals surface area contributed by atoms with Gasteiger partial charge in [-0.15, -0.1) is 0 Å². The normalized spacial score (nSPS) is 10.6. The van der Waals surface area contributed by atoms with Crippen LogP contribution in [0.25, 0.3) is 0 Å². The molecular weight excluding hydrogens is 248 g/mol. The molecule has 0 aromatic carbocycles. The Morgan fingerprint density at radius 3 is 2.94 bits per heavy atom. The van der Waals surface area contributed by atoms with Crippen molar-refractivity contribution in [3.05, 3.63) is 23.5 Å².